The van der Waals surface area contributed by atoms with Gasteiger partial charge in [-0.25, -0.2) is 4.98 Å². The number of carbonyl (C=O) groups is 1. The molecule has 1 aliphatic heterocycles. The van der Waals surface area contributed by atoms with Crippen LogP contribution in [0.5, 0.6) is 5.75 Å². The molecule has 5 nitrogen and oxygen atoms in total. The number of rotatable bonds is 6. The third kappa shape index (κ3) is 4.34. The lowest BCUT2D eigenvalue weighted by molar-refractivity contribution is -0.119. The van der Waals surface area contributed by atoms with Gasteiger partial charge in [-0.05, 0) is 42.2 Å². The Bertz CT molecular complexity index is 735. The maximum atomic E-state index is 11.1. The first-order chi connectivity index (χ1) is 12.4. The fraction of sp³-hybridized carbons (Fsp3) is 0.429. The normalized spacial score (nSPS) is 15.5. The lowest BCUT2D eigenvalue weighted by Crippen LogP contribution is -2.54. The third-order valence-electron chi connectivity index (χ3n) is 4.71. The van der Waals surface area contributed by atoms with Crippen molar-refractivity contribution in [2.24, 2.45) is 0 Å². The van der Waals surface area contributed by atoms with Gasteiger partial charge in [-0.15, -0.1) is 0 Å². The minimum Gasteiger partial charge on any atom is -0.487 e. The maximum absolute atomic E-state index is 11.1. The highest BCUT2D eigenvalue weighted by Gasteiger charge is 2.29. The van der Waals surface area contributed by atoms with Crippen LogP contribution in [0.1, 0.15) is 50.8 Å². The summed E-state index contributed by atoms with van der Waals surface area (Å²) in [6, 6.07) is 12.2. The highest BCUT2D eigenvalue weighted by molar-refractivity contribution is 5.73. The van der Waals surface area contributed by atoms with Crippen molar-refractivity contribution in [2.75, 3.05) is 18.0 Å². The lowest BCUT2D eigenvalue weighted by Gasteiger charge is -2.39. The Morgan fingerprint density at radius 1 is 1.12 bits per heavy atom. The molecule has 1 aromatic heterocycles. The van der Waals surface area contributed by atoms with E-state index >= 15 is 0 Å². The van der Waals surface area contributed by atoms with E-state index in [0.717, 1.165) is 30.2 Å². The Labute approximate surface area is 155 Å². The summed E-state index contributed by atoms with van der Waals surface area (Å²) in [5.41, 5.74) is 2.33. The number of carbonyl (C=O) groups excluding carboxylic acids is 1. The van der Waals surface area contributed by atoms with E-state index in [9.17, 15) is 4.79 Å². The first-order valence-corrected chi connectivity index (χ1v) is 9.17. The number of nitrogens with zero attached hydrogens (tertiary/aromatic N) is 2. The van der Waals surface area contributed by atoms with E-state index in [1.807, 2.05) is 37.4 Å². The molecule has 0 saturated carbocycles. The second-order valence-corrected chi connectivity index (χ2v) is 7.24. The van der Waals surface area contributed by atoms with Gasteiger partial charge in [-0.2, -0.15) is 0 Å². The molecule has 0 bridgehead atoms. The predicted octanol–water partition coefficient (Wildman–Crippen LogP) is 3.67. The summed E-state index contributed by atoms with van der Waals surface area (Å²) in [6.45, 7) is 9.54. The predicted molar refractivity (Wildman–Crippen MR) is 104 cm³/mol. The molecule has 2 aromatic rings. The first kappa shape index (κ1) is 18.2. The van der Waals surface area contributed by atoms with E-state index in [2.05, 4.69) is 41.2 Å². The van der Waals surface area contributed by atoms with E-state index in [4.69, 9.17) is 4.74 Å². The first-order valence-electron chi connectivity index (χ1n) is 9.17. The summed E-state index contributed by atoms with van der Waals surface area (Å²) in [5.74, 6) is 2.34. The van der Waals surface area contributed by atoms with Crippen LogP contribution >= 0.6 is 0 Å². The average molecular weight is 353 g/mol. The summed E-state index contributed by atoms with van der Waals surface area (Å²) >= 11 is 0. The Hall–Kier alpha value is -2.56. The summed E-state index contributed by atoms with van der Waals surface area (Å²) in [4.78, 5) is 17.9. The molecule has 1 amide bonds. The molecule has 26 heavy (non-hydrogen) atoms. The van der Waals surface area contributed by atoms with E-state index in [1.165, 1.54) is 12.5 Å². The summed E-state index contributed by atoms with van der Waals surface area (Å²) in [6.07, 6.45) is 2.14. The fourth-order valence-corrected chi connectivity index (χ4v) is 3.04. The molecule has 0 unspecified atom stereocenters. The smallest absolute Gasteiger partial charge is 0.217 e. The molecule has 1 N–H and O–H groups in total. The van der Waals surface area contributed by atoms with Gasteiger partial charge in [-0.1, -0.05) is 32.0 Å². The Kier molecular flexibility index (Phi) is 5.45. The SMILES string of the molecule is CC(=O)N[C@@H](C)c1ccc(OC2CN(c3ccc(C(C)C)cn3)C2)cc1. The number of benzene rings is 1. The number of ether oxygens (including phenoxy) is 1. The molecule has 0 spiro atoms. The van der Waals surface area contributed by atoms with Crippen LogP contribution in [0.2, 0.25) is 0 Å². The van der Waals surface area contributed by atoms with Crippen molar-refractivity contribution in [1.82, 2.24) is 10.3 Å². The molecule has 0 aliphatic carbocycles. The zero-order valence-corrected chi connectivity index (χ0v) is 15.9. The molecule has 1 aliphatic rings. The van der Waals surface area contributed by atoms with Gasteiger partial charge < -0.3 is 15.0 Å². The number of aromatic nitrogens is 1. The van der Waals surface area contributed by atoms with Crippen molar-refractivity contribution in [1.29, 1.82) is 0 Å². The van der Waals surface area contributed by atoms with Gasteiger partial charge in [-0.3, -0.25) is 4.79 Å². The molecule has 5 heteroatoms. The zero-order chi connectivity index (χ0) is 18.7. The van der Waals surface area contributed by atoms with Crippen LogP contribution in [0.4, 0.5) is 5.82 Å². The van der Waals surface area contributed by atoms with Crippen molar-refractivity contribution in [2.45, 2.75) is 45.8 Å². The minimum absolute atomic E-state index is 0.000583. The van der Waals surface area contributed by atoms with Crippen molar-refractivity contribution >= 4 is 11.7 Å². The van der Waals surface area contributed by atoms with Gasteiger partial charge in [0, 0.05) is 13.1 Å². The molecule has 3 rings (SSSR count). The van der Waals surface area contributed by atoms with E-state index in [0.29, 0.717) is 5.92 Å². The molecule has 1 aromatic carbocycles. The van der Waals surface area contributed by atoms with Crippen molar-refractivity contribution in [3.05, 3.63) is 53.7 Å². The Morgan fingerprint density at radius 2 is 1.77 bits per heavy atom. The highest BCUT2D eigenvalue weighted by Crippen LogP contribution is 2.25. The molecule has 2 heterocycles. The number of nitrogens with one attached hydrogen (secondary N) is 1. The molecule has 0 radical (unpaired) electrons. The van der Waals surface area contributed by atoms with Crippen LogP contribution < -0.4 is 15.0 Å². The molecule has 138 valence electrons. The van der Waals surface area contributed by atoms with Crippen LogP contribution in [-0.4, -0.2) is 30.1 Å². The van der Waals surface area contributed by atoms with Crippen LogP contribution in [0, 0.1) is 0 Å². The monoisotopic (exact) mass is 353 g/mol. The molecule has 1 atom stereocenters. The number of pyridine rings is 1. The van der Waals surface area contributed by atoms with Crippen LogP contribution in [0.25, 0.3) is 0 Å². The van der Waals surface area contributed by atoms with E-state index < -0.39 is 0 Å². The largest absolute Gasteiger partial charge is 0.487 e. The number of amides is 1. The summed E-state index contributed by atoms with van der Waals surface area (Å²) in [5, 5.41) is 2.88. The van der Waals surface area contributed by atoms with Crippen LogP contribution in [0.3, 0.4) is 0 Å². The average Bonchev–Trinajstić information content (AvgIpc) is 2.58. The second kappa shape index (κ2) is 7.77. The molecular formula is C21H27N3O2. The quantitative estimate of drug-likeness (QED) is 0.861. The Morgan fingerprint density at radius 3 is 2.31 bits per heavy atom. The highest BCUT2D eigenvalue weighted by atomic mass is 16.5. The molecule has 1 saturated heterocycles. The van der Waals surface area contributed by atoms with Gasteiger partial charge in [0.25, 0.3) is 0 Å². The summed E-state index contributed by atoms with van der Waals surface area (Å²) < 4.78 is 6.02. The number of hydrogen-bond donors (Lipinski definition) is 1. The van der Waals surface area contributed by atoms with Crippen molar-refractivity contribution in [3.8, 4) is 5.75 Å². The Balaban J connectivity index is 1.50. The van der Waals surface area contributed by atoms with Gasteiger partial charge >= 0.3 is 0 Å². The summed E-state index contributed by atoms with van der Waals surface area (Å²) in [7, 11) is 0. The van der Waals surface area contributed by atoms with Gasteiger partial charge in [0.15, 0.2) is 0 Å². The molecule has 1 fully saturated rings. The topological polar surface area (TPSA) is 54.5 Å². The zero-order valence-electron chi connectivity index (χ0n) is 15.9. The van der Waals surface area contributed by atoms with Gasteiger partial charge in [0.05, 0.1) is 19.1 Å². The van der Waals surface area contributed by atoms with Gasteiger partial charge in [0.1, 0.15) is 17.7 Å². The third-order valence-corrected chi connectivity index (χ3v) is 4.71. The van der Waals surface area contributed by atoms with Gasteiger partial charge in [0.2, 0.25) is 5.91 Å². The standard InChI is InChI=1S/C21H27N3O2/c1-14(2)18-7-10-21(22-11-18)24-12-20(13-24)26-19-8-5-17(6-9-19)15(3)23-16(4)25/h5-11,14-15,20H,12-13H2,1-4H3,(H,23,25)/t15-/m0/s1. The van der Waals surface area contributed by atoms with E-state index in [1.54, 1.807) is 0 Å². The number of anilines is 1. The second-order valence-electron chi connectivity index (χ2n) is 7.24. The lowest BCUT2D eigenvalue weighted by atomic mass is 10.1. The van der Waals surface area contributed by atoms with Crippen molar-refractivity contribution < 1.29 is 9.53 Å². The molecular weight excluding hydrogens is 326 g/mol. The van der Waals surface area contributed by atoms with Crippen LogP contribution in [-0.2, 0) is 4.79 Å². The maximum Gasteiger partial charge on any atom is 0.217 e. The number of hydrogen-bond acceptors (Lipinski definition) is 4. The van der Waals surface area contributed by atoms with Crippen molar-refractivity contribution in [3.63, 3.8) is 0 Å². The van der Waals surface area contributed by atoms with E-state index in [-0.39, 0.29) is 18.1 Å². The minimum atomic E-state index is -0.0255. The fourth-order valence-electron chi connectivity index (χ4n) is 3.04. The van der Waals surface area contributed by atoms with Crippen LogP contribution in [0.15, 0.2) is 42.6 Å².